The summed E-state index contributed by atoms with van der Waals surface area (Å²) in [5.41, 5.74) is 5.47. The molecule has 2 aromatic carbocycles. The van der Waals surface area contributed by atoms with Gasteiger partial charge in [-0.1, -0.05) is 18.2 Å². The molecule has 2 aliphatic rings. The first kappa shape index (κ1) is 18.1. The Hall–Kier alpha value is -3.00. The van der Waals surface area contributed by atoms with Gasteiger partial charge in [0.2, 0.25) is 5.60 Å². The van der Waals surface area contributed by atoms with Crippen LogP contribution in [-0.4, -0.2) is 29.7 Å². The number of nitrogens with zero attached hydrogens (tertiary/aromatic N) is 1. The van der Waals surface area contributed by atoms with Crippen LogP contribution in [0.15, 0.2) is 48.5 Å². The molecule has 0 saturated carbocycles. The van der Waals surface area contributed by atoms with Gasteiger partial charge in [-0.2, -0.15) is 13.2 Å². The fourth-order valence-electron chi connectivity index (χ4n) is 3.92. The lowest BCUT2D eigenvalue weighted by Gasteiger charge is -2.30. The maximum absolute atomic E-state index is 14.1. The molecule has 5 rings (SSSR count). The predicted molar refractivity (Wildman–Crippen MR) is 99.9 cm³/mol. The number of epoxide rings is 1. The van der Waals surface area contributed by atoms with Crippen LogP contribution >= 0.6 is 0 Å². The van der Waals surface area contributed by atoms with Crippen LogP contribution in [-0.2, 0) is 4.74 Å². The van der Waals surface area contributed by atoms with Gasteiger partial charge in [-0.05, 0) is 42.8 Å². The molecule has 1 aromatic heterocycles. The molecule has 1 fully saturated rings. The van der Waals surface area contributed by atoms with E-state index in [2.05, 4.69) is 4.98 Å². The second-order valence-corrected chi connectivity index (χ2v) is 7.28. The summed E-state index contributed by atoms with van der Waals surface area (Å²) in [7, 11) is 0. The Morgan fingerprint density at radius 2 is 1.76 bits per heavy atom. The third-order valence-electron chi connectivity index (χ3n) is 5.50. The first-order valence-electron chi connectivity index (χ1n) is 9.09. The van der Waals surface area contributed by atoms with Crippen LogP contribution in [0.25, 0.3) is 10.9 Å². The van der Waals surface area contributed by atoms with Gasteiger partial charge in [-0.3, -0.25) is 4.98 Å². The molecule has 5 nitrogen and oxygen atoms in total. The highest BCUT2D eigenvalue weighted by Crippen LogP contribution is 2.56. The zero-order chi connectivity index (χ0) is 20.4. The lowest BCUT2D eigenvalue weighted by atomic mass is 9.83. The first-order valence-corrected chi connectivity index (χ1v) is 9.09. The molecule has 2 atom stereocenters. The molecule has 150 valence electrons. The Balaban J connectivity index is 1.67. The molecule has 2 aliphatic heterocycles. The molecule has 2 N–H and O–H groups in total. The van der Waals surface area contributed by atoms with Gasteiger partial charge in [0, 0.05) is 16.8 Å². The van der Waals surface area contributed by atoms with Gasteiger partial charge in [0.1, 0.15) is 5.92 Å². The average molecular weight is 402 g/mol. The number of halogens is 3. The van der Waals surface area contributed by atoms with Crippen LogP contribution in [0.1, 0.15) is 17.2 Å². The maximum Gasteiger partial charge on any atom is 0.420 e. The van der Waals surface area contributed by atoms with E-state index in [1.165, 1.54) is 0 Å². The Morgan fingerprint density at radius 3 is 2.34 bits per heavy atom. The number of rotatable bonds is 3. The van der Waals surface area contributed by atoms with Crippen molar-refractivity contribution in [3.8, 4) is 11.5 Å². The molecule has 3 aromatic rings. The molecule has 1 saturated heterocycles. The van der Waals surface area contributed by atoms with E-state index in [0.717, 1.165) is 0 Å². The highest BCUT2D eigenvalue weighted by molar-refractivity contribution is 5.90. The summed E-state index contributed by atoms with van der Waals surface area (Å²) in [5.74, 6) is -0.482. The average Bonchev–Trinajstić information content (AvgIpc) is 3.36. The Bertz CT molecular complexity index is 1090. The molecular formula is C21H17F3N2O3. The number of aryl methyl sites for hydroxylation is 1. The number of nitrogens with two attached hydrogens (primary N) is 1. The minimum atomic E-state index is -4.61. The number of benzene rings is 2. The molecule has 0 bridgehead atoms. The van der Waals surface area contributed by atoms with E-state index >= 15 is 0 Å². The van der Waals surface area contributed by atoms with Crippen LogP contribution in [0.3, 0.4) is 0 Å². The van der Waals surface area contributed by atoms with E-state index < -0.39 is 30.6 Å². The lowest BCUT2D eigenvalue weighted by Crippen LogP contribution is -2.47. The zero-order valence-corrected chi connectivity index (χ0v) is 15.4. The van der Waals surface area contributed by atoms with Crippen molar-refractivity contribution in [3.05, 3.63) is 59.8 Å². The minimum absolute atomic E-state index is 0.336. The molecular weight excluding hydrogens is 385 g/mol. The van der Waals surface area contributed by atoms with Crippen molar-refractivity contribution >= 4 is 16.6 Å². The van der Waals surface area contributed by atoms with Crippen LogP contribution in [0.5, 0.6) is 11.5 Å². The van der Waals surface area contributed by atoms with Crippen molar-refractivity contribution in [1.29, 1.82) is 0 Å². The summed E-state index contributed by atoms with van der Waals surface area (Å²) in [6.45, 7) is 1.20. The third-order valence-corrected chi connectivity index (χ3v) is 5.50. The van der Waals surface area contributed by atoms with Gasteiger partial charge in [0.15, 0.2) is 11.5 Å². The standard InChI is InChI=1S/C21H17F3N2O3/c1-11-12(9-13-14(25)5-4-6-15(13)26-11)18(20(10-27-20)21(22,23)24)19-28-16-7-2-3-8-17(16)29-19/h2-9,18-19H,10,25H2,1H3. The molecule has 2 unspecified atom stereocenters. The second kappa shape index (κ2) is 6.00. The molecule has 0 aliphatic carbocycles. The van der Waals surface area contributed by atoms with E-state index in [4.69, 9.17) is 19.9 Å². The summed E-state index contributed by atoms with van der Waals surface area (Å²) in [6, 6.07) is 13.6. The number of fused-ring (bicyclic) bond motifs is 2. The fraction of sp³-hybridized carbons (Fsp3) is 0.286. The lowest BCUT2D eigenvalue weighted by molar-refractivity contribution is -0.203. The van der Waals surface area contributed by atoms with Crippen molar-refractivity contribution < 1.29 is 27.4 Å². The third kappa shape index (κ3) is 2.70. The van der Waals surface area contributed by atoms with Gasteiger partial charge in [-0.25, -0.2) is 0 Å². The highest BCUT2D eigenvalue weighted by Gasteiger charge is 2.73. The van der Waals surface area contributed by atoms with Crippen molar-refractivity contribution in [3.63, 3.8) is 0 Å². The van der Waals surface area contributed by atoms with Crippen molar-refractivity contribution in [2.45, 2.75) is 30.9 Å². The van der Waals surface area contributed by atoms with Crippen molar-refractivity contribution in [2.75, 3.05) is 12.3 Å². The summed E-state index contributed by atoms with van der Waals surface area (Å²) >= 11 is 0. The smallest absolute Gasteiger partial charge is 0.420 e. The van der Waals surface area contributed by atoms with Gasteiger partial charge in [0.25, 0.3) is 6.29 Å². The Labute approximate surface area is 164 Å². The van der Waals surface area contributed by atoms with Gasteiger partial charge in [-0.15, -0.1) is 0 Å². The van der Waals surface area contributed by atoms with Gasteiger partial charge in [0.05, 0.1) is 12.1 Å². The molecule has 0 radical (unpaired) electrons. The quantitative estimate of drug-likeness (QED) is 0.521. The van der Waals surface area contributed by atoms with Crippen LogP contribution in [0.4, 0.5) is 18.9 Å². The van der Waals surface area contributed by atoms with Crippen LogP contribution in [0, 0.1) is 6.92 Å². The Morgan fingerprint density at radius 1 is 1.10 bits per heavy atom. The van der Waals surface area contributed by atoms with E-state index in [1.807, 2.05) is 0 Å². The number of nitrogen functional groups attached to an aromatic ring is 1. The van der Waals surface area contributed by atoms with E-state index in [1.54, 1.807) is 55.5 Å². The van der Waals surface area contributed by atoms with Gasteiger partial charge < -0.3 is 19.9 Å². The molecule has 3 heterocycles. The maximum atomic E-state index is 14.1. The number of ether oxygens (including phenoxy) is 3. The number of aromatic nitrogens is 1. The Kier molecular flexibility index (Phi) is 3.73. The normalized spacial score (nSPS) is 22.1. The number of hydrogen-bond donors (Lipinski definition) is 1. The van der Waals surface area contributed by atoms with E-state index in [9.17, 15) is 13.2 Å². The molecule has 8 heteroatoms. The first-order chi connectivity index (χ1) is 13.8. The number of anilines is 1. The minimum Gasteiger partial charge on any atom is -0.450 e. The fourth-order valence-corrected chi connectivity index (χ4v) is 3.92. The molecule has 0 spiro atoms. The summed E-state index contributed by atoms with van der Waals surface area (Å²) in [4.78, 5) is 4.49. The SMILES string of the molecule is Cc1nc2cccc(N)c2cc1C(C1Oc2ccccc2O1)C1(C(F)(F)F)CO1. The summed E-state index contributed by atoms with van der Waals surface area (Å²) < 4.78 is 58.8. The molecule has 29 heavy (non-hydrogen) atoms. The number of hydrogen-bond acceptors (Lipinski definition) is 5. The van der Waals surface area contributed by atoms with E-state index in [-0.39, 0.29) is 0 Å². The van der Waals surface area contributed by atoms with Crippen LogP contribution in [0.2, 0.25) is 0 Å². The topological polar surface area (TPSA) is 69.9 Å². The number of alkyl halides is 3. The van der Waals surface area contributed by atoms with Gasteiger partial charge >= 0.3 is 6.18 Å². The van der Waals surface area contributed by atoms with E-state index in [0.29, 0.717) is 39.3 Å². The summed E-state index contributed by atoms with van der Waals surface area (Å²) in [6.07, 6.45) is -5.82. The van der Waals surface area contributed by atoms with Crippen molar-refractivity contribution in [2.24, 2.45) is 0 Å². The number of para-hydroxylation sites is 2. The predicted octanol–water partition coefficient (Wildman–Crippen LogP) is 4.34. The molecule has 0 amide bonds. The zero-order valence-electron chi connectivity index (χ0n) is 15.4. The summed E-state index contributed by atoms with van der Waals surface area (Å²) in [5, 5.41) is 0.576. The highest BCUT2D eigenvalue weighted by atomic mass is 19.4. The monoisotopic (exact) mass is 402 g/mol. The number of pyridine rings is 1. The van der Waals surface area contributed by atoms with Crippen molar-refractivity contribution in [1.82, 2.24) is 4.98 Å². The second-order valence-electron chi connectivity index (χ2n) is 7.28. The largest absolute Gasteiger partial charge is 0.450 e. The van der Waals surface area contributed by atoms with Crippen LogP contribution < -0.4 is 15.2 Å².